The van der Waals surface area contributed by atoms with E-state index in [0.717, 1.165) is 0 Å². The third-order valence-corrected chi connectivity index (χ3v) is 3.09. The molecule has 0 saturated heterocycles. The Balaban J connectivity index is 2.18. The van der Waals surface area contributed by atoms with E-state index in [1.54, 1.807) is 19.1 Å². The van der Waals surface area contributed by atoms with Gasteiger partial charge in [0.05, 0.1) is 18.7 Å². The van der Waals surface area contributed by atoms with Crippen LogP contribution in [-0.2, 0) is 0 Å². The number of rotatable bonds is 5. The Kier molecular flexibility index (Phi) is 4.74. The SMILES string of the molecule is COc1cc(C#N)ccc1OC(C)C(=O)c1ccc(F)cc1. The summed E-state index contributed by atoms with van der Waals surface area (Å²) >= 11 is 0. The number of nitriles is 1. The molecule has 2 aromatic carbocycles. The minimum Gasteiger partial charge on any atom is -0.493 e. The molecule has 5 heteroatoms. The van der Waals surface area contributed by atoms with Crippen LogP contribution in [0.2, 0.25) is 0 Å². The van der Waals surface area contributed by atoms with Gasteiger partial charge in [-0.25, -0.2) is 4.39 Å². The van der Waals surface area contributed by atoms with Crippen molar-refractivity contribution in [3.63, 3.8) is 0 Å². The third kappa shape index (κ3) is 3.41. The first-order valence-corrected chi connectivity index (χ1v) is 6.59. The standard InChI is InChI=1S/C17H14FNO3/c1-11(17(20)13-4-6-14(18)7-5-13)22-15-8-3-12(10-19)9-16(15)21-2/h3-9,11H,1-2H3. The summed E-state index contributed by atoms with van der Waals surface area (Å²) in [4.78, 5) is 12.2. The summed E-state index contributed by atoms with van der Waals surface area (Å²) in [5, 5.41) is 8.86. The lowest BCUT2D eigenvalue weighted by Gasteiger charge is -2.16. The van der Waals surface area contributed by atoms with Gasteiger partial charge in [-0.3, -0.25) is 4.79 Å². The molecule has 0 fully saturated rings. The van der Waals surface area contributed by atoms with Gasteiger partial charge in [-0.05, 0) is 43.3 Å². The fraction of sp³-hybridized carbons (Fsp3) is 0.176. The van der Waals surface area contributed by atoms with E-state index < -0.39 is 11.9 Å². The quantitative estimate of drug-likeness (QED) is 0.794. The fourth-order valence-electron chi connectivity index (χ4n) is 1.93. The van der Waals surface area contributed by atoms with Crippen molar-refractivity contribution in [3.05, 3.63) is 59.4 Å². The topological polar surface area (TPSA) is 59.3 Å². The van der Waals surface area contributed by atoms with Crippen molar-refractivity contribution in [2.75, 3.05) is 7.11 Å². The first-order valence-electron chi connectivity index (χ1n) is 6.59. The van der Waals surface area contributed by atoms with Gasteiger partial charge in [-0.1, -0.05) is 0 Å². The van der Waals surface area contributed by atoms with Crippen molar-refractivity contribution in [3.8, 4) is 17.6 Å². The largest absolute Gasteiger partial charge is 0.493 e. The van der Waals surface area contributed by atoms with E-state index >= 15 is 0 Å². The van der Waals surface area contributed by atoms with Gasteiger partial charge in [0, 0.05) is 11.6 Å². The van der Waals surface area contributed by atoms with Crippen LogP contribution in [0.5, 0.6) is 11.5 Å². The normalized spacial score (nSPS) is 11.4. The van der Waals surface area contributed by atoms with Gasteiger partial charge in [0.25, 0.3) is 0 Å². The van der Waals surface area contributed by atoms with Gasteiger partial charge in [0.2, 0.25) is 5.78 Å². The molecule has 4 nitrogen and oxygen atoms in total. The van der Waals surface area contributed by atoms with Crippen LogP contribution in [0.1, 0.15) is 22.8 Å². The second-order valence-corrected chi connectivity index (χ2v) is 4.61. The van der Waals surface area contributed by atoms with Gasteiger partial charge < -0.3 is 9.47 Å². The molecule has 0 heterocycles. The number of ketones is 1. The number of nitrogens with zero attached hydrogens (tertiary/aromatic N) is 1. The maximum Gasteiger partial charge on any atom is 0.202 e. The zero-order valence-electron chi connectivity index (χ0n) is 12.2. The summed E-state index contributed by atoms with van der Waals surface area (Å²) in [6, 6.07) is 12.0. The van der Waals surface area contributed by atoms with Crippen LogP contribution in [0.25, 0.3) is 0 Å². The minimum atomic E-state index is -0.771. The van der Waals surface area contributed by atoms with Crippen LogP contribution >= 0.6 is 0 Å². The fourth-order valence-corrected chi connectivity index (χ4v) is 1.93. The van der Waals surface area contributed by atoms with Crippen LogP contribution in [0.15, 0.2) is 42.5 Å². The molecule has 0 N–H and O–H groups in total. The lowest BCUT2D eigenvalue weighted by molar-refractivity contribution is 0.0814. The second kappa shape index (κ2) is 6.72. The average molecular weight is 299 g/mol. The maximum atomic E-state index is 12.9. The van der Waals surface area contributed by atoms with Crippen LogP contribution < -0.4 is 9.47 Å². The molecular weight excluding hydrogens is 285 g/mol. The first-order chi connectivity index (χ1) is 10.5. The molecule has 0 bridgehead atoms. The molecule has 112 valence electrons. The molecule has 2 rings (SSSR count). The molecule has 1 unspecified atom stereocenters. The van der Waals surface area contributed by atoms with Crippen molar-refractivity contribution in [2.24, 2.45) is 0 Å². The Hall–Kier alpha value is -2.87. The highest BCUT2D eigenvalue weighted by molar-refractivity contribution is 5.99. The van der Waals surface area contributed by atoms with E-state index in [9.17, 15) is 9.18 Å². The summed E-state index contributed by atoms with van der Waals surface area (Å²) < 4.78 is 23.6. The number of hydrogen-bond acceptors (Lipinski definition) is 4. The van der Waals surface area contributed by atoms with E-state index in [2.05, 4.69) is 0 Å². The highest BCUT2D eigenvalue weighted by Crippen LogP contribution is 2.29. The molecule has 2 aromatic rings. The number of benzene rings is 2. The number of halogens is 1. The first kappa shape index (κ1) is 15.5. The number of Topliss-reactive ketones (excluding diaryl/α,β-unsaturated/α-hetero) is 1. The van der Waals surface area contributed by atoms with Crippen LogP contribution in [0, 0.1) is 17.1 Å². The number of ether oxygens (including phenoxy) is 2. The Morgan fingerprint density at radius 3 is 2.45 bits per heavy atom. The van der Waals surface area contributed by atoms with Crippen molar-refractivity contribution in [1.82, 2.24) is 0 Å². The van der Waals surface area contributed by atoms with Gasteiger partial charge in [0.1, 0.15) is 5.82 Å². The van der Waals surface area contributed by atoms with Crippen LogP contribution in [0.3, 0.4) is 0 Å². The molecule has 0 aliphatic carbocycles. The summed E-state index contributed by atoms with van der Waals surface area (Å²) in [6.45, 7) is 1.60. The van der Waals surface area contributed by atoms with E-state index in [0.29, 0.717) is 22.6 Å². The van der Waals surface area contributed by atoms with E-state index in [-0.39, 0.29) is 5.78 Å². The molecule has 1 atom stereocenters. The third-order valence-electron chi connectivity index (χ3n) is 3.09. The van der Waals surface area contributed by atoms with E-state index in [1.807, 2.05) is 6.07 Å². The molecule has 0 aliphatic rings. The molecule has 0 aliphatic heterocycles. The van der Waals surface area contributed by atoms with Crippen molar-refractivity contribution >= 4 is 5.78 Å². The molecular formula is C17H14FNO3. The molecule has 0 aromatic heterocycles. The predicted octanol–water partition coefficient (Wildman–Crippen LogP) is 3.36. The lowest BCUT2D eigenvalue weighted by Crippen LogP contribution is -2.24. The van der Waals surface area contributed by atoms with E-state index in [4.69, 9.17) is 14.7 Å². The Morgan fingerprint density at radius 1 is 1.18 bits per heavy atom. The number of methoxy groups -OCH3 is 1. The van der Waals surface area contributed by atoms with Gasteiger partial charge in [-0.2, -0.15) is 5.26 Å². The Morgan fingerprint density at radius 2 is 1.86 bits per heavy atom. The van der Waals surface area contributed by atoms with Crippen LogP contribution in [-0.4, -0.2) is 19.0 Å². The van der Waals surface area contributed by atoms with Gasteiger partial charge in [0.15, 0.2) is 17.6 Å². The van der Waals surface area contributed by atoms with Gasteiger partial charge in [-0.15, -0.1) is 0 Å². The average Bonchev–Trinajstić information content (AvgIpc) is 2.55. The minimum absolute atomic E-state index is 0.272. The summed E-state index contributed by atoms with van der Waals surface area (Å²) in [6.07, 6.45) is -0.771. The maximum absolute atomic E-state index is 12.9. The van der Waals surface area contributed by atoms with Gasteiger partial charge >= 0.3 is 0 Å². The Bertz CT molecular complexity index is 720. The van der Waals surface area contributed by atoms with Crippen molar-refractivity contribution in [2.45, 2.75) is 13.0 Å². The van der Waals surface area contributed by atoms with Crippen molar-refractivity contribution < 1.29 is 18.7 Å². The van der Waals surface area contributed by atoms with Crippen LogP contribution in [0.4, 0.5) is 4.39 Å². The predicted molar refractivity (Wildman–Crippen MR) is 78.5 cm³/mol. The molecule has 0 radical (unpaired) electrons. The number of carbonyl (C=O) groups is 1. The molecule has 0 saturated carbocycles. The second-order valence-electron chi connectivity index (χ2n) is 4.61. The Labute approximate surface area is 127 Å². The summed E-state index contributed by atoms with van der Waals surface area (Å²) in [5.74, 6) is 0.0626. The van der Waals surface area contributed by atoms with E-state index in [1.165, 1.54) is 37.4 Å². The highest BCUT2D eigenvalue weighted by Gasteiger charge is 2.19. The lowest BCUT2D eigenvalue weighted by atomic mass is 10.1. The highest BCUT2D eigenvalue weighted by atomic mass is 19.1. The zero-order valence-corrected chi connectivity index (χ0v) is 12.2. The number of hydrogen-bond donors (Lipinski definition) is 0. The number of carbonyl (C=O) groups excluding carboxylic acids is 1. The summed E-state index contributed by atoms with van der Waals surface area (Å²) in [7, 11) is 1.45. The summed E-state index contributed by atoms with van der Waals surface area (Å²) in [5.41, 5.74) is 0.795. The molecule has 0 amide bonds. The molecule has 22 heavy (non-hydrogen) atoms. The monoisotopic (exact) mass is 299 g/mol. The van der Waals surface area contributed by atoms with Crippen molar-refractivity contribution in [1.29, 1.82) is 5.26 Å². The zero-order chi connectivity index (χ0) is 16.1. The smallest absolute Gasteiger partial charge is 0.202 e. The molecule has 0 spiro atoms.